The van der Waals surface area contributed by atoms with E-state index < -0.39 is 0 Å². The normalized spacial score (nSPS) is 12.5. The number of nitrogens with two attached hydrogens (primary N) is 1. The molecule has 0 spiro atoms. The molecule has 0 amide bonds. The molecule has 0 radical (unpaired) electrons. The van der Waals surface area contributed by atoms with Gasteiger partial charge in [0.25, 0.3) is 0 Å². The first-order valence-corrected chi connectivity index (χ1v) is 6.99. The van der Waals surface area contributed by atoms with Crippen LogP contribution in [0.5, 0.6) is 5.75 Å². The van der Waals surface area contributed by atoms with Crippen molar-refractivity contribution in [2.24, 2.45) is 5.73 Å². The standard InChI is InChI=1S/C14H18BrN3O/c1-4-18-14(11(15)8-17-18)13(16)10-6-5-9(2)12(7-10)19-3/h5-8,13H,4,16H2,1-3H3. The predicted octanol–water partition coefficient (Wildman–Crippen LogP) is 3.03. The summed E-state index contributed by atoms with van der Waals surface area (Å²) in [6.45, 7) is 4.85. The maximum Gasteiger partial charge on any atom is 0.122 e. The summed E-state index contributed by atoms with van der Waals surface area (Å²) in [4.78, 5) is 0. The van der Waals surface area contributed by atoms with Crippen molar-refractivity contribution in [1.29, 1.82) is 0 Å². The third-order valence-electron chi connectivity index (χ3n) is 3.22. The molecule has 102 valence electrons. The minimum absolute atomic E-state index is 0.230. The number of aryl methyl sites for hydroxylation is 2. The fourth-order valence-electron chi connectivity index (χ4n) is 2.12. The minimum Gasteiger partial charge on any atom is -0.496 e. The van der Waals surface area contributed by atoms with E-state index in [0.29, 0.717) is 0 Å². The van der Waals surface area contributed by atoms with E-state index in [0.717, 1.165) is 33.6 Å². The van der Waals surface area contributed by atoms with Gasteiger partial charge in [-0.2, -0.15) is 5.10 Å². The van der Waals surface area contributed by atoms with Gasteiger partial charge in [-0.25, -0.2) is 0 Å². The van der Waals surface area contributed by atoms with Gasteiger partial charge in [0.1, 0.15) is 5.75 Å². The molecule has 1 atom stereocenters. The Morgan fingerprint density at radius 1 is 1.47 bits per heavy atom. The number of ether oxygens (including phenoxy) is 1. The highest BCUT2D eigenvalue weighted by Gasteiger charge is 2.18. The molecule has 4 nitrogen and oxygen atoms in total. The summed E-state index contributed by atoms with van der Waals surface area (Å²) >= 11 is 3.51. The third-order valence-corrected chi connectivity index (χ3v) is 3.83. The average Bonchev–Trinajstić information content (AvgIpc) is 2.79. The zero-order valence-electron chi connectivity index (χ0n) is 11.4. The second kappa shape index (κ2) is 5.75. The van der Waals surface area contributed by atoms with Gasteiger partial charge in [-0.15, -0.1) is 0 Å². The monoisotopic (exact) mass is 323 g/mol. The van der Waals surface area contributed by atoms with Crippen molar-refractivity contribution in [3.63, 3.8) is 0 Å². The Morgan fingerprint density at radius 2 is 2.21 bits per heavy atom. The summed E-state index contributed by atoms with van der Waals surface area (Å²) in [5.74, 6) is 0.853. The molecule has 0 bridgehead atoms. The molecule has 1 aromatic heterocycles. The molecule has 0 aliphatic rings. The molecule has 0 saturated carbocycles. The van der Waals surface area contributed by atoms with Crippen LogP contribution in [0.25, 0.3) is 0 Å². The number of methoxy groups -OCH3 is 1. The van der Waals surface area contributed by atoms with E-state index in [9.17, 15) is 0 Å². The first-order chi connectivity index (χ1) is 9.08. The Bertz CT molecular complexity index is 580. The van der Waals surface area contributed by atoms with E-state index in [1.807, 2.05) is 36.7 Å². The third kappa shape index (κ3) is 2.67. The van der Waals surface area contributed by atoms with Gasteiger partial charge in [-0.05, 0) is 47.0 Å². The van der Waals surface area contributed by atoms with E-state index >= 15 is 0 Å². The average molecular weight is 324 g/mol. The molecule has 1 unspecified atom stereocenters. The topological polar surface area (TPSA) is 53.1 Å². The lowest BCUT2D eigenvalue weighted by molar-refractivity contribution is 0.411. The Hall–Kier alpha value is -1.33. The summed E-state index contributed by atoms with van der Waals surface area (Å²) in [6, 6.07) is 5.81. The van der Waals surface area contributed by atoms with Gasteiger partial charge in [0.15, 0.2) is 0 Å². The van der Waals surface area contributed by atoms with Crippen LogP contribution in [0.3, 0.4) is 0 Å². The maximum atomic E-state index is 6.37. The molecule has 0 fully saturated rings. The largest absolute Gasteiger partial charge is 0.496 e. The second-order valence-electron chi connectivity index (χ2n) is 4.40. The smallest absolute Gasteiger partial charge is 0.122 e. The number of hydrogen-bond donors (Lipinski definition) is 1. The summed E-state index contributed by atoms with van der Waals surface area (Å²) in [5.41, 5.74) is 9.46. The minimum atomic E-state index is -0.230. The Kier molecular flexibility index (Phi) is 4.27. The fraction of sp³-hybridized carbons (Fsp3) is 0.357. The fourth-order valence-corrected chi connectivity index (χ4v) is 2.66. The van der Waals surface area contributed by atoms with Gasteiger partial charge >= 0.3 is 0 Å². The molecule has 0 aliphatic carbocycles. The van der Waals surface area contributed by atoms with Crippen molar-refractivity contribution in [2.75, 3.05) is 7.11 Å². The first kappa shape index (κ1) is 14.1. The van der Waals surface area contributed by atoms with E-state index in [1.54, 1.807) is 13.3 Å². The van der Waals surface area contributed by atoms with Crippen LogP contribution in [0, 0.1) is 6.92 Å². The van der Waals surface area contributed by atoms with Crippen molar-refractivity contribution >= 4 is 15.9 Å². The molecule has 2 aromatic rings. The summed E-state index contributed by atoms with van der Waals surface area (Å²) < 4.78 is 8.19. The lowest BCUT2D eigenvalue weighted by atomic mass is 10.0. The number of aromatic nitrogens is 2. The summed E-state index contributed by atoms with van der Waals surface area (Å²) in [6.07, 6.45) is 1.78. The van der Waals surface area contributed by atoms with Crippen LogP contribution in [0.4, 0.5) is 0 Å². The van der Waals surface area contributed by atoms with Crippen LogP contribution >= 0.6 is 15.9 Å². The molecule has 2 N–H and O–H groups in total. The number of hydrogen-bond acceptors (Lipinski definition) is 3. The van der Waals surface area contributed by atoms with E-state index in [4.69, 9.17) is 10.5 Å². The molecule has 2 rings (SSSR count). The predicted molar refractivity (Wildman–Crippen MR) is 79.4 cm³/mol. The number of benzene rings is 1. The van der Waals surface area contributed by atoms with Gasteiger partial charge in [0, 0.05) is 6.54 Å². The van der Waals surface area contributed by atoms with Crippen molar-refractivity contribution in [1.82, 2.24) is 9.78 Å². The van der Waals surface area contributed by atoms with Crippen LogP contribution in [-0.4, -0.2) is 16.9 Å². The van der Waals surface area contributed by atoms with Crippen LogP contribution in [0.2, 0.25) is 0 Å². The molecule has 1 heterocycles. The number of rotatable bonds is 4. The number of halogens is 1. The van der Waals surface area contributed by atoms with E-state index in [1.165, 1.54) is 0 Å². The first-order valence-electron chi connectivity index (χ1n) is 6.19. The van der Waals surface area contributed by atoms with Gasteiger partial charge in [-0.3, -0.25) is 4.68 Å². The van der Waals surface area contributed by atoms with Crippen LogP contribution in [-0.2, 0) is 6.54 Å². The van der Waals surface area contributed by atoms with E-state index in [-0.39, 0.29) is 6.04 Å². The van der Waals surface area contributed by atoms with Crippen LogP contribution in [0.1, 0.15) is 29.8 Å². The van der Waals surface area contributed by atoms with Crippen LogP contribution in [0.15, 0.2) is 28.9 Å². The van der Waals surface area contributed by atoms with Crippen molar-refractivity contribution in [3.05, 3.63) is 45.7 Å². The highest BCUT2D eigenvalue weighted by atomic mass is 79.9. The molecular formula is C14H18BrN3O. The SMILES string of the molecule is CCn1ncc(Br)c1C(N)c1ccc(C)c(OC)c1. The molecule has 0 saturated heterocycles. The van der Waals surface area contributed by atoms with Gasteiger partial charge < -0.3 is 10.5 Å². The lowest BCUT2D eigenvalue weighted by Crippen LogP contribution is -2.17. The highest BCUT2D eigenvalue weighted by molar-refractivity contribution is 9.10. The molecular weight excluding hydrogens is 306 g/mol. The number of nitrogens with zero attached hydrogens (tertiary/aromatic N) is 2. The van der Waals surface area contributed by atoms with Crippen molar-refractivity contribution < 1.29 is 4.74 Å². The lowest BCUT2D eigenvalue weighted by Gasteiger charge is -2.16. The van der Waals surface area contributed by atoms with Crippen LogP contribution < -0.4 is 10.5 Å². The molecule has 5 heteroatoms. The summed E-state index contributed by atoms with van der Waals surface area (Å²) in [5, 5.41) is 4.30. The highest BCUT2D eigenvalue weighted by Crippen LogP contribution is 2.29. The Labute approximate surface area is 121 Å². The van der Waals surface area contributed by atoms with Crippen molar-refractivity contribution in [2.45, 2.75) is 26.4 Å². The Morgan fingerprint density at radius 3 is 2.84 bits per heavy atom. The molecule has 19 heavy (non-hydrogen) atoms. The van der Waals surface area contributed by atoms with Gasteiger partial charge in [0.05, 0.1) is 29.5 Å². The zero-order valence-corrected chi connectivity index (χ0v) is 12.9. The molecule has 1 aromatic carbocycles. The molecule has 0 aliphatic heterocycles. The van der Waals surface area contributed by atoms with E-state index in [2.05, 4.69) is 21.0 Å². The summed E-state index contributed by atoms with van der Waals surface area (Å²) in [7, 11) is 1.67. The zero-order chi connectivity index (χ0) is 14.0. The van der Waals surface area contributed by atoms with Gasteiger partial charge in [-0.1, -0.05) is 12.1 Å². The van der Waals surface area contributed by atoms with Gasteiger partial charge in [0.2, 0.25) is 0 Å². The quantitative estimate of drug-likeness (QED) is 0.940. The van der Waals surface area contributed by atoms with Crippen molar-refractivity contribution in [3.8, 4) is 5.75 Å². The maximum absolute atomic E-state index is 6.37. The Balaban J connectivity index is 2.43. The second-order valence-corrected chi connectivity index (χ2v) is 5.25.